The van der Waals surface area contributed by atoms with Gasteiger partial charge in [0.05, 0.1) is 23.2 Å². The first-order chi connectivity index (χ1) is 10.5. The molecule has 2 aromatic carbocycles. The van der Waals surface area contributed by atoms with E-state index in [-0.39, 0.29) is 18.7 Å². The van der Waals surface area contributed by atoms with Gasteiger partial charge in [-0.05, 0) is 17.2 Å². The Morgan fingerprint density at radius 2 is 1.91 bits per heavy atom. The minimum absolute atomic E-state index is 0.117. The number of aliphatic hydroxyl groups excluding tert-OH is 1. The van der Waals surface area contributed by atoms with Crippen molar-refractivity contribution in [3.05, 3.63) is 75.1 Å². The van der Waals surface area contributed by atoms with Gasteiger partial charge in [0.1, 0.15) is 5.82 Å². The number of carbonyl (C=O) groups is 1. The van der Waals surface area contributed by atoms with Crippen LogP contribution in [-0.2, 0) is 13.2 Å². The molecule has 0 aliphatic rings. The standard InChI is InChI=1S/C15H13FN2O4/c16-14-7-12(18(21)22)5-6-13(14)15(20)17-8-10-3-1-2-4-11(10)9-19/h1-7,19H,8-9H2,(H,17,20). The van der Waals surface area contributed by atoms with Crippen molar-refractivity contribution < 1.29 is 19.2 Å². The van der Waals surface area contributed by atoms with E-state index in [1.807, 2.05) is 0 Å². The molecule has 0 aliphatic carbocycles. The molecule has 2 rings (SSSR count). The van der Waals surface area contributed by atoms with Gasteiger partial charge in [-0.15, -0.1) is 0 Å². The molecular formula is C15H13FN2O4. The minimum atomic E-state index is -0.956. The van der Waals surface area contributed by atoms with E-state index >= 15 is 0 Å². The molecule has 6 nitrogen and oxygen atoms in total. The predicted molar refractivity (Wildman–Crippen MR) is 76.6 cm³/mol. The second kappa shape index (κ2) is 6.77. The largest absolute Gasteiger partial charge is 0.392 e. The van der Waals surface area contributed by atoms with Crippen molar-refractivity contribution in [1.29, 1.82) is 0 Å². The Bertz CT molecular complexity index is 718. The van der Waals surface area contributed by atoms with Gasteiger partial charge in [-0.25, -0.2) is 4.39 Å². The van der Waals surface area contributed by atoms with E-state index in [1.165, 1.54) is 0 Å². The average molecular weight is 304 g/mol. The molecule has 2 N–H and O–H groups in total. The van der Waals surface area contributed by atoms with E-state index in [9.17, 15) is 24.4 Å². The highest BCUT2D eigenvalue weighted by atomic mass is 19.1. The quantitative estimate of drug-likeness (QED) is 0.654. The lowest BCUT2D eigenvalue weighted by Gasteiger charge is -2.09. The fourth-order valence-corrected chi connectivity index (χ4v) is 1.96. The first-order valence-electron chi connectivity index (χ1n) is 6.42. The van der Waals surface area contributed by atoms with Crippen molar-refractivity contribution in [3.63, 3.8) is 0 Å². The molecule has 0 saturated heterocycles. The molecule has 1 amide bonds. The summed E-state index contributed by atoms with van der Waals surface area (Å²) in [4.78, 5) is 21.7. The van der Waals surface area contributed by atoms with Crippen LogP contribution in [-0.4, -0.2) is 15.9 Å². The number of aliphatic hydroxyl groups is 1. The highest BCUT2D eigenvalue weighted by Gasteiger charge is 2.16. The van der Waals surface area contributed by atoms with Gasteiger partial charge in [0.25, 0.3) is 11.6 Å². The van der Waals surface area contributed by atoms with Crippen LogP contribution in [0.3, 0.4) is 0 Å². The zero-order valence-electron chi connectivity index (χ0n) is 11.5. The first kappa shape index (κ1) is 15.6. The van der Waals surface area contributed by atoms with Crippen LogP contribution < -0.4 is 5.32 Å². The third-order valence-electron chi connectivity index (χ3n) is 3.14. The van der Waals surface area contributed by atoms with Crippen LogP contribution in [0.2, 0.25) is 0 Å². The van der Waals surface area contributed by atoms with E-state index in [0.717, 1.165) is 12.1 Å². The number of nitrogens with one attached hydrogen (secondary N) is 1. The number of nitro groups is 1. The molecule has 0 aromatic heterocycles. The van der Waals surface area contributed by atoms with Gasteiger partial charge >= 0.3 is 0 Å². The van der Waals surface area contributed by atoms with Crippen LogP contribution in [0.5, 0.6) is 0 Å². The minimum Gasteiger partial charge on any atom is -0.392 e. The average Bonchev–Trinajstić information content (AvgIpc) is 2.52. The second-order valence-corrected chi connectivity index (χ2v) is 4.53. The maximum Gasteiger partial charge on any atom is 0.272 e. The molecule has 0 heterocycles. The fraction of sp³-hybridized carbons (Fsp3) is 0.133. The number of non-ortho nitro benzene ring substituents is 1. The van der Waals surface area contributed by atoms with E-state index < -0.39 is 22.3 Å². The van der Waals surface area contributed by atoms with Crippen LogP contribution in [0.1, 0.15) is 21.5 Å². The molecule has 7 heteroatoms. The van der Waals surface area contributed by atoms with Gasteiger partial charge in [-0.3, -0.25) is 14.9 Å². The van der Waals surface area contributed by atoms with Gasteiger partial charge in [0, 0.05) is 12.6 Å². The summed E-state index contributed by atoms with van der Waals surface area (Å²) in [5.41, 5.74) is 0.680. The molecule has 0 spiro atoms. The third kappa shape index (κ3) is 3.44. The van der Waals surface area contributed by atoms with Crippen molar-refractivity contribution in [2.45, 2.75) is 13.2 Å². The van der Waals surface area contributed by atoms with Crippen molar-refractivity contribution in [1.82, 2.24) is 5.32 Å². The molecule has 0 bridgehead atoms. The number of nitrogens with zero attached hydrogens (tertiary/aromatic N) is 1. The topological polar surface area (TPSA) is 92.5 Å². The molecule has 0 atom stereocenters. The predicted octanol–water partition coefficient (Wildman–Crippen LogP) is 2.16. The smallest absolute Gasteiger partial charge is 0.272 e. The fourth-order valence-electron chi connectivity index (χ4n) is 1.96. The van der Waals surface area contributed by atoms with Crippen molar-refractivity contribution in [3.8, 4) is 0 Å². The van der Waals surface area contributed by atoms with E-state index in [2.05, 4.69) is 5.32 Å². The Labute approximate surface area is 125 Å². The number of halogens is 1. The summed E-state index contributed by atoms with van der Waals surface area (Å²) in [6.45, 7) is -0.0517. The lowest BCUT2D eigenvalue weighted by atomic mass is 10.1. The van der Waals surface area contributed by atoms with Crippen LogP contribution in [0.4, 0.5) is 10.1 Å². The molecule has 22 heavy (non-hydrogen) atoms. The SMILES string of the molecule is O=C(NCc1ccccc1CO)c1ccc([N+](=O)[O-])cc1F. The Kier molecular flexibility index (Phi) is 4.80. The second-order valence-electron chi connectivity index (χ2n) is 4.53. The van der Waals surface area contributed by atoms with Crippen LogP contribution in [0.25, 0.3) is 0 Å². The summed E-state index contributed by atoms with van der Waals surface area (Å²) in [6.07, 6.45) is 0. The van der Waals surface area contributed by atoms with Gasteiger partial charge in [-0.1, -0.05) is 24.3 Å². The van der Waals surface area contributed by atoms with Crippen molar-refractivity contribution in [2.75, 3.05) is 0 Å². The Balaban J connectivity index is 2.11. The maximum atomic E-state index is 13.7. The zero-order chi connectivity index (χ0) is 16.1. The first-order valence-corrected chi connectivity index (χ1v) is 6.42. The van der Waals surface area contributed by atoms with E-state index in [0.29, 0.717) is 17.2 Å². The van der Waals surface area contributed by atoms with Crippen LogP contribution in [0.15, 0.2) is 42.5 Å². The number of rotatable bonds is 5. The van der Waals surface area contributed by atoms with Crippen LogP contribution >= 0.6 is 0 Å². The lowest BCUT2D eigenvalue weighted by molar-refractivity contribution is -0.385. The van der Waals surface area contributed by atoms with E-state index in [1.54, 1.807) is 24.3 Å². The Hall–Kier alpha value is -2.80. The number of benzene rings is 2. The zero-order valence-corrected chi connectivity index (χ0v) is 11.5. The summed E-state index contributed by atoms with van der Waals surface area (Å²) >= 11 is 0. The third-order valence-corrected chi connectivity index (χ3v) is 3.14. The maximum absolute atomic E-state index is 13.7. The molecule has 0 fully saturated rings. The Morgan fingerprint density at radius 3 is 2.50 bits per heavy atom. The van der Waals surface area contributed by atoms with Crippen LogP contribution in [0, 0.1) is 15.9 Å². The summed E-state index contributed by atoms with van der Waals surface area (Å²) in [5, 5.41) is 22.2. The molecule has 0 unspecified atom stereocenters. The molecular weight excluding hydrogens is 291 g/mol. The highest BCUT2D eigenvalue weighted by molar-refractivity contribution is 5.94. The number of nitro benzene ring substituents is 1. The van der Waals surface area contributed by atoms with Gasteiger partial charge < -0.3 is 10.4 Å². The monoisotopic (exact) mass is 304 g/mol. The molecule has 0 radical (unpaired) electrons. The molecule has 0 saturated carbocycles. The number of carbonyl (C=O) groups excluding carboxylic acids is 1. The van der Waals surface area contributed by atoms with Gasteiger partial charge in [0.2, 0.25) is 0 Å². The number of hydrogen-bond acceptors (Lipinski definition) is 4. The normalized spacial score (nSPS) is 10.3. The molecule has 2 aromatic rings. The lowest BCUT2D eigenvalue weighted by Crippen LogP contribution is -2.24. The summed E-state index contributed by atoms with van der Waals surface area (Å²) < 4.78 is 13.7. The highest BCUT2D eigenvalue weighted by Crippen LogP contribution is 2.17. The van der Waals surface area contributed by atoms with E-state index in [4.69, 9.17) is 0 Å². The number of amides is 1. The molecule has 0 aliphatic heterocycles. The van der Waals surface area contributed by atoms with Gasteiger partial charge in [0.15, 0.2) is 0 Å². The summed E-state index contributed by atoms with van der Waals surface area (Å²) in [6, 6.07) is 9.81. The number of hydrogen-bond donors (Lipinski definition) is 2. The van der Waals surface area contributed by atoms with Crippen molar-refractivity contribution in [2.24, 2.45) is 0 Å². The Morgan fingerprint density at radius 1 is 1.23 bits per heavy atom. The van der Waals surface area contributed by atoms with Crippen molar-refractivity contribution >= 4 is 11.6 Å². The molecule has 114 valence electrons. The van der Waals surface area contributed by atoms with Gasteiger partial charge in [-0.2, -0.15) is 0 Å². The summed E-state index contributed by atoms with van der Waals surface area (Å²) in [5.74, 6) is -1.64. The summed E-state index contributed by atoms with van der Waals surface area (Å²) in [7, 11) is 0.